The lowest BCUT2D eigenvalue weighted by Gasteiger charge is -2.33. The fourth-order valence-corrected chi connectivity index (χ4v) is 2.45. The molecule has 2 rings (SSSR count). The van der Waals surface area contributed by atoms with Crippen LogP contribution in [0.1, 0.15) is 12.5 Å². The number of nitrogens with one attached hydrogen (secondary N) is 2. The number of rotatable bonds is 3. The maximum absolute atomic E-state index is 12.7. The number of amides is 1. The summed E-state index contributed by atoms with van der Waals surface area (Å²) in [7, 11) is 0. The van der Waals surface area contributed by atoms with Crippen LogP contribution in [0.3, 0.4) is 0 Å². The first-order chi connectivity index (χ1) is 10.3. The molecule has 0 unspecified atom stereocenters. The second-order valence-corrected chi connectivity index (χ2v) is 5.67. The Morgan fingerprint density at radius 2 is 2.17 bits per heavy atom. The summed E-state index contributed by atoms with van der Waals surface area (Å²) in [5, 5.41) is 5.74. The van der Waals surface area contributed by atoms with E-state index in [9.17, 15) is 18.0 Å². The number of anilines is 1. The van der Waals surface area contributed by atoms with Crippen LogP contribution in [-0.2, 0) is 11.0 Å². The number of hydrogen-bond acceptors (Lipinski definition) is 3. The van der Waals surface area contributed by atoms with Gasteiger partial charge in [-0.25, -0.2) is 0 Å². The molecule has 1 aromatic carbocycles. The zero-order valence-electron chi connectivity index (χ0n) is 12.4. The van der Waals surface area contributed by atoms with Crippen molar-refractivity contribution < 1.29 is 18.0 Å². The van der Waals surface area contributed by atoms with Crippen molar-refractivity contribution in [2.24, 2.45) is 0 Å². The quantitative estimate of drug-likeness (QED) is 0.858. The monoisotopic (exact) mass is 371 g/mol. The van der Waals surface area contributed by atoms with E-state index in [0.29, 0.717) is 6.54 Å². The lowest BCUT2D eigenvalue weighted by Crippen LogP contribution is -2.52. The van der Waals surface area contributed by atoms with Crippen molar-refractivity contribution in [2.45, 2.75) is 19.1 Å². The minimum absolute atomic E-state index is 0. The van der Waals surface area contributed by atoms with Gasteiger partial charge in [0.1, 0.15) is 0 Å². The molecule has 1 atom stereocenters. The van der Waals surface area contributed by atoms with Crippen LogP contribution in [0.2, 0.25) is 5.02 Å². The lowest BCUT2D eigenvalue weighted by atomic mass is 10.2. The van der Waals surface area contributed by atoms with Crippen LogP contribution in [0, 0.1) is 0 Å². The number of benzene rings is 1. The van der Waals surface area contributed by atoms with Crippen molar-refractivity contribution in [3.8, 4) is 0 Å². The van der Waals surface area contributed by atoms with Gasteiger partial charge in [0.05, 0.1) is 22.8 Å². The third-order valence-corrected chi connectivity index (χ3v) is 3.88. The summed E-state index contributed by atoms with van der Waals surface area (Å²) >= 11 is 5.86. The fourth-order valence-electron chi connectivity index (χ4n) is 2.29. The van der Waals surface area contributed by atoms with E-state index in [4.69, 9.17) is 11.6 Å². The predicted octanol–water partition coefficient (Wildman–Crippen LogP) is 3.01. The summed E-state index contributed by atoms with van der Waals surface area (Å²) in [6.07, 6.45) is -4.48. The van der Waals surface area contributed by atoms with Gasteiger partial charge in [0.25, 0.3) is 0 Å². The average Bonchev–Trinajstić information content (AvgIpc) is 2.42. The molecule has 0 aliphatic carbocycles. The van der Waals surface area contributed by atoms with Gasteiger partial charge in [0, 0.05) is 25.7 Å². The number of piperazine rings is 1. The third-order valence-electron chi connectivity index (χ3n) is 3.55. The van der Waals surface area contributed by atoms with Gasteiger partial charge in [0.2, 0.25) is 5.91 Å². The first-order valence-corrected chi connectivity index (χ1v) is 7.26. The standard InChI is InChI=1S/C14H17ClF3N3O.ClH/c1-9-7-19-4-5-21(9)8-13(22)20-12-6-10(14(16,17)18)2-3-11(12)15;/h2-3,6,9,19H,4-5,7-8H2,1H3,(H,20,22);1H/t9-;/m0./s1. The molecule has 1 amide bonds. The average molecular weight is 372 g/mol. The molecule has 1 saturated heterocycles. The summed E-state index contributed by atoms with van der Waals surface area (Å²) in [6, 6.07) is 3.06. The van der Waals surface area contributed by atoms with Gasteiger partial charge in [-0.15, -0.1) is 12.4 Å². The number of nitrogens with zero attached hydrogens (tertiary/aromatic N) is 1. The van der Waals surface area contributed by atoms with Crippen LogP contribution in [0.25, 0.3) is 0 Å². The maximum atomic E-state index is 12.7. The van der Waals surface area contributed by atoms with Gasteiger partial charge >= 0.3 is 6.18 Å². The molecule has 1 aromatic rings. The second kappa shape index (κ2) is 8.19. The topological polar surface area (TPSA) is 44.4 Å². The minimum Gasteiger partial charge on any atom is -0.324 e. The van der Waals surface area contributed by atoms with Crippen molar-refractivity contribution in [3.63, 3.8) is 0 Å². The summed E-state index contributed by atoms with van der Waals surface area (Å²) in [5.74, 6) is -0.380. The van der Waals surface area contributed by atoms with Crippen molar-refractivity contribution in [1.29, 1.82) is 0 Å². The Labute approximate surface area is 143 Å². The zero-order valence-corrected chi connectivity index (χ0v) is 14.0. The molecule has 2 N–H and O–H groups in total. The number of carbonyl (C=O) groups is 1. The number of halogens is 5. The second-order valence-electron chi connectivity index (χ2n) is 5.26. The van der Waals surface area contributed by atoms with Crippen molar-refractivity contribution in [1.82, 2.24) is 10.2 Å². The molecule has 0 spiro atoms. The lowest BCUT2D eigenvalue weighted by molar-refractivity contribution is -0.137. The molecule has 0 aromatic heterocycles. The molecule has 0 saturated carbocycles. The van der Waals surface area contributed by atoms with Gasteiger partial charge in [-0.1, -0.05) is 11.6 Å². The molecule has 1 heterocycles. The number of alkyl halides is 3. The first kappa shape index (κ1) is 20.0. The Hall–Kier alpha value is -1.02. The molecule has 1 fully saturated rings. The van der Waals surface area contributed by atoms with Gasteiger partial charge in [-0.05, 0) is 25.1 Å². The minimum atomic E-state index is -4.48. The Balaban J connectivity index is 0.00000264. The van der Waals surface area contributed by atoms with Crippen LogP contribution in [0.4, 0.5) is 18.9 Å². The Kier molecular flexibility index (Phi) is 7.13. The third kappa shape index (κ3) is 5.53. The van der Waals surface area contributed by atoms with Crippen molar-refractivity contribution in [3.05, 3.63) is 28.8 Å². The normalized spacial score (nSPS) is 19.1. The molecule has 0 radical (unpaired) electrons. The fraction of sp³-hybridized carbons (Fsp3) is 0.500. The van der Waals surface area contributed by atoms with Crippen LogP contribution in [0.5, 0.6) is 0 Å². The highest BCUT2D eigenvalue weighted by Gasteiger charge is 2.31. The highest BCUT2D eigenvalue weighted by Crippen LogP contribution is 2.33. The van der Waals surface area contributed by atoms with E-state index in [1.165, 1.54) is 0 Å². The summed E-state index contributed by atoms with van der Waals surface area (Å²) in [6.45, 7) is 4.37. The van der Waals surface area contributed by atoms with Crippen molar-refractivity contribution >= 4 is 35.6 Å². The van der Waals surface area contributed by atoms with E-state index in [1.54, 1.807) is 0 Å². The van der Waals surface area contributed by atoms with Crippen LogP contribution >= 0.6 is 24.0 Å². The Bertz CT molecular complexity index is 555. The molecule has 1 aliphatic heterocycles. The highest BCUT2D eigenvalue weighted by atomic mass is 35.5. The van der Waals surface area contributed by atoms with E-state index < -0.39 is 11.7 Å². The van der Waals surface area contributed by atoms with E-state index in [0.717, 1.165) is 31.3 Å². The molecular formula is C14H18Cl2F3N3O. The molecule has 130 valence electrons. The molecule has 23 heavy (non-hydrogen) atoms. The summed E-state index contributed by atoms with van der Waals surface area (Å²) < 4.78 is 38.1. The van der Waals surface area contributed by atoms with Crippen LogP contribution in [0.15, 0.2) is 18.2 Å². The van der Waals surface area contributed by atoms with Gasteiger partial charge in [-0.2, -0.15) is 13.2 Å². The highest BCUT2D eigenvalue weighted by molar-refractivity contribution is 6.33. The van der Waals surface area contributed by atoms with Crippen molar-refractivity contribution in [2.75, 3.05) is 31.5 Å². The smallest absolute Gasteiger partial charge is 0.324 e. The maximum Gasteiger partial charge on any atom is 0.416 e. The zero-order chi connectivity index (χ0) is 16.3. The SMILES string of the molecule is C[C@H]1CNCCN1CC(=O)Nc1cc(C(F)(F)F)ccc1Cl.Cl. The number of hydrogen-bond donors (Lipinski definition) is 2. The van der Waals surface area contributed by atoms with E-state index in [2.05, 4.69) is 10.6 Å². The van der Waals surface area contributed by atoms with Gasteiger partial charge in [0.15, 0.2) is 0 Å². The molecule has 1 aliphatic rings. The molecule has 0 bridgehead atoms. The molecular weight excluding hydrogens is 354 g/mol. The van der Waals surface area contributed by atoms with E-state index in [-0.39, 0.29) is 41.6 Å². The predicted molar refractivity (Wildman–Crippen MR) is 86.2 cm³/mol. The molecule has 9 heteroatoms. The number of carbonyl (C=O) groups excluding carboxylic acids is 1. The first-order valence-electron chi connectivity index (χ1n) is 6.89. The van der Waals surface area contributed by atoms with Gasteiger partial charge in [-0.3, -0.25) is 9.69 Å². The van der Waals surface area contributed by atoms with Gasteiger partial charge < -0.3 is 10.6 Å². The Morgan fingerprint density at radius 1 is 1.48 bits per heavy atom. The summed E-state index contributed by atoms with van der Waals surface area (Å²) in [4.78, 5) is 14.0. The van der Waals surface area contributed by atoms with Crippen LogP contribution < -0.4 is 10.6 Å². The largest absolute Gasteiger partial charge is 0.416 e. The molecule has 4 nitrogen and oxygen atoms in total. The van der Waals surface area contributed by atoms with E-state index in [1.807, 2.05) is 11.8 Å². The summed E-state index contributed by atoms with van der Waals surface area (Å²) in [5.41, 5.74) is -0.869. The Morgan fingerprint density at radius 3 is 2.78 bits per heavy atom. The van der Waals surface area contributed by atoms with E-state index >= 15 is 0 Å². The van der Waals surface area contributed by atoms with Crippen LogP contribution in [-0.4, -0.2) is 43.0 Å².